The van der Waals surface area contributed by atoms with E-state index >= 15 is 0 Å². The number of amides is 1. The summed E-state index contributed by atoms with van der Waals surface area (Å²) in [5.74, 6) is 1.18. The van der Waals surface area contributed by atoms with Crippen molar-refractivity contribution in [3.8, 4) is 22.3 Å². The van der Waals surface area contributed by atoms with Gasteiger partial charge < -0.3 is 9.47 Å². The van der Waals surface area contributed by atoms with Gasteiger partial charge in [-0.25, -0.2) is 4.79 Å². The highest BCUT2D eigenvalue weighted by atomic mass is 35.5. The first-order valence-corrected chi connectivity index (χ1v) is 8.02. The first-order valence-electron chi connectivity index (χ1n) is 6.86. The average Bonchev–Trinajstić information content (AvgIpc) is 3.04. The average molecular weight is 362 g/mol. The number of aromatic nitrogens is 2. The van der Waals surface area contributed by atoms with Crippen molar-refractivity contribution in [3.63, 3.8) is 0 Å². The topological polar surface area (TPSA) is 73.3 Å². The largest absolute Gasteiger partial charge is 0.497 e. The number of carbonyl (C=O) groups is 1. The van der Waals surface area contributed by atoms with Crippen LogP contribution in [0.15, 0.2) is 48.5 Å². The van der Waals surface area contributed by atoms with Crippen LogP contribution >= 0.6 is 23.1 Å². The summed E-state index contributed by atoms with van der Waals surface area (Å²) in [6.07, 6.45) is -0.640. The second kappa shape index (κ2) is 7.29. The third-order valence-corrected chi connectivity index (χ3v) is 3.87. The minimum absolute atomic E-state index is 0.158. The van der Waals surface area contributed by atoms with Crippen molar-refractivity contribution in [1.29, 1.82) is 0 Å². The van der Waals surface area contributed by atoms with Gasteiger partial charge in [0.1, 0.15) is 5.75 Å². The molecular formula is C16H12ClN3O3S. The van der Waals surface area contributed by atoms with Gasteiger partial charge in [-0.2, -0.15) is 9.36 Å². The van der Waals surface area contributed by atoms with Crippen molar-refractivity contribution in [3.05, 3.63) is 53.6 Å². The van der Waals surface area contributed by atoms with E-state index in [-0.39, 0.29) is 5.19 Å². The molecule has 0 unspecified atom stereocenters. The first-order chi connectivity index (χ1) is 11.6. The van der Waals surface area contributed by atoms with Crippen LogP contribution in [-0.2, 0) is 0 Å². The van der Waals surface area contributed by atoms with Crippen LogP contribution in [0.5, 0.6) is 10.9 Å². The van der Waals surface area contributed by atoms with Gasteiger partial charge >= 0.3 is 11.3 Å². The molecule has 0 aliphatic heterocycles. The quantitative estimate of drug-likeness (QED) is 0.741. The number of anilines is 1. The normalized spacial score (nSPS) is 10.2. The Kier molecular flexibility index (Phi) is 4.93. The Balaban J connectivity index is 1.63. The molecule has 24 heavy (non-hydrogen) atoms. The van der Waals surface area contributed by atoms with Gasteiger partial charge in [-0.3, -0.25) is 5.32 Å². The van der Waals surface area contributed by atoms with Gasteiger partial charge in [0.25, 0.3) is 0 Å². The first kappa shape index (κ1) is 16.2. The molecule has 0 saturated heterocycles. The monoisotopic (exact) mass is 361 g/mol. The van der Waals surface area contributed by atoms with Crippen molar-refractivity contribution < 1.29 is 14.3 Å². The second-order valence-electron chi connectivity index (χ2n) is 4.63. The van der Waals surface area contributed by atoms with Crippen molar-refractivity contribution in [2.75, 3.05) is 12.4 Å². The Morgan fingerprint density at radius 3 is 2.50 bits per heavy atom. The molecule has 1 N–H and O–H groups in total. The fourth-order valence-electron chi connectivity index (χ4n) is 1.86. The molecule has 0 atom stereocenters. The number of nitrogens with one attached hydrogen (secondary N) is 1. The molecule has 0 radical (unpaired) electrons. The van der Waals surface area contributed by atoms with Crippen LogP contribution < -0.4 is 14.8 Å². The fraction of sp³-hybridized carbons (Fsp3) is 0.0625. The van der Waals surface area contributed by atoms with Gasteiger partial charge in [0.2, 0.25) is 0 Å². The number of hydrogen-bond donors (Lipinski definition) is 1. The summed E-state index contributed by atoms with van der Waals surface area (Å²) >= 11 is 6.84. The maximum atomic E-state index is 11.9. The van der Waals surface area contributed by atoms with Crippen molar-refractivity contribution in [1.82, 2.24) is 9.36 Å². The molecule has 0 spiro atoms. The predicted molar refractivity (Wildman–Crippen MR) is 93.0 cm³/mol. The maximum absolute atomic E-state index is 11.9. The lowest BCUT2D eigenvalue weighted by atomic mass is 10.2. The van der Waals surface area contributed by atoms with Crippen LogP contribution in [0.25, 0.3) is 11.4 Å². The van der Waals surface area contributed by atoms with E-state index in [1.54, 1.807) is 55.6 Å². The summed E-state index contributed by atoms with van der Waals surface area (Å²) in [5.41, 5.74) is 1.38. The lowest BCUT2D eigenvalue weighted by molar-refractivity contribution is 0.215. The summed E-state index contributed by atoms with van der Waals surface area (Å²) in [4.78, 5) is 16.1. The van der Waals surface area contributed by atoms with Crippen LogP contribution in [0.1, 0.15) is 0 Å². The number of methoxy groups -OCH3 is 1. The highest BCUT2D eigenvalue weighted by molar-refractivity contribution is 7.07. The van der Waals surface area contributed by atoms with Crippen LogP contribution in [0.4, 0.5) is 10.5 Å². The fourth-order valence-corrected chi connectivity index (χ4v) is 2.54. The Morgan fingerprint density at radius 1 is 1.12 bits per heavy atom. The smallest absolute Gasteiger partial charge is 0.419 e. The molecule has 122 valence electrons. The summed E-state index contributed by atoms with van der Waals surface area (Å²) in [6, 6.07) is 14.0. The Hall–Kier alpha value is -2.64. The maximum Gasteiger partial charge on any atom is 0.419 e. The number of hydrogen-bond acceptors (Lipinski definition) is 6. The van der Waals surface area contributed by atoms with Gasteiger partial charge in [-0.05, 0) is 48.5 Å². The number of ether oxygens (including phenoxy) is 2. The van der Waals surface area contributed by atoms with Crippen molar-refractivity contribution >= 4 is 34.9 Å². The number of rotatable bonds is 4. The molecule has 0 aliphatic carbocycles. The summed E-state index contributed by atoms with van der Waals surface area (Å²) in [7, 11) is 1.57. The Morgan fingerprint density at radius 2 is 1.83 bits per heavy atom. The molecule has 3 rings (SSSR count). The van der Waals surface area contributed by atoms with E-state index in [2.05, 4.69) is 14.7 Å². The van der Waals surface area contributed by atoms with Gasteiger partial charge in [-0.1, -0.05) is 11.6 Å². The minimum Gasteiger partial charge on any atom is -0.497 e. The van der Waals surface area contributed by atoms with Gasteiger partial charge in [0.05, 0.1) is 7.11 Å². The Bertz CT molecular complexity index is 835. The second-order valence-corrected chi connectivity index (χ2v) is 5.78. The van der Waals surface area contributed by atoms with Crippen molar-refractivity contribution in [2.45, 2.75) is 0 Å². The van der Waals surface area contributed by atoms with Crippen LogP contribution in [0, 0.1) is 0 Å². The molecule has 1 aromatic heterocycles. The van der Waals surface area contributed by atoms with E-state index in [4.69, 9.17) is 21.1 Å². The molecule has 1 heterocycles. The molecule has 0 fully saturated rings. The van der Waals surface area contributed by atoms with Crippen LogP contribution in [0.3, 0.4) is 0 Å². The van der Waals surface area contributed by atoms with Crippen molar-refractivity contribution in [2.24, 2.45) is 0 Å². The standard InChI is InChI=1S/C16H12ClN3O3S/c1-22-13-8-6-12(7-9-13)18-15(21)23-16-19-14(20-24-16)10-2-4-11(17)5-3-10/h2-9H,1H3,(H,18,21). The molecule has 3 aromatic rings. The third kappa shape index (κ3) is 4.01. The third-order valence-electron chi connectivity index (χ3n) is 3.03. The van der Waals surface area contributed by atoms with E-state index < -0.39 is 6.09 Å². The molecule has 0 saturated carbocycles. The highest BCUT2D eigenvalue weighted by Gasteiger charge is 2.12. The van der Waals surface area contributed by atoms with E-state index in [9.17, 15) is 4.79 Å². The van der Waals surface area contributed by atoms with E-state index in [0.717, 1.165) is 17.1 Å². The molecule has 2 aromatic carbocycles. The SMILES string of the molecule is COc1ccc(NC(=O)Oc2nc(-c3ccc(Cl)cc3)ns2)cc1. The molecule has 0 bridgehead atoms. The lowest BCUT2D eigenvalue weighted by Crippen LogP contribution is -2.16. The van der Waals surface area contributed by atoms with Crippen LogP contribution in [-0.4, -0.2) is 22.6 Å². The van der Waals surface area contributed by atoms with Gasteiger partial charge in [-0.15, -0.1) is 0 Å². The number of carbonyl (C=O) groups excluding carboxylic acids is 1. The molecule has 8 heteroatoms. The number of halogens is 1. The molecule has 0 aliphatic rings. The summed E-state index contributed by atoms with van der Waals surface area (Å²) < 4.78 is 14.4. The zero-order chi connectivity index (χ0) is 16.9. The number of nitrogens with zero attached hydrogens (tertiary/aromatic N) is 2. The lowest BCUT2D eigenvalue weighted by Gasteiger charge is -2.05. The summed E-state index contributed by atoms with van der Waals surface area (Å²) in [6.45, 7) is 0. The van der Waals surface area contributed by atoms with E-state index in [1.807, 2.05) is 0 Å². The van der Waals surface area contributed by atoms with Gasteiger partial charge in [0.15, 0.2) is 5.82 Å². The van der Waals surface area contributed by atoms with Gasteiger partial charge in [0, 0.05) is 27.8 Å². The highest BCUT2D eigenvalue weighted by Crippen LogP contribution is 2.24. The molecule has 1 amide bonds. The zero-order valence-electron chi connectivity index (χ0n) is 12.5. The minimum atomic E-state index is -0.640. The van der Waals surface area contributed by atoms with E-state index in [0.29, 0.717) is 22.3 Å². The van der Waals surface area contributed by atoms with Crippen LogP contribution in [0.2, 0.25) is 5.02 Å². The number of benzene rings is 2. The van der Waals surface area contributed by atoms with E-state index in [1.165, 1.54) is 0 Å². The summed E-state index contributed by atoms with van der Waals surface area (Å²) in [5, 5.41) is 3.39. The molecular weight excluding hydrogens is 350 g/mol. The predicted octanol–water partition coefficient (Wildman–Crippen LogP) is 4.48. The zero-order valence-corrected chi connectivity index (χ0v) is 14.1. The Labute approximate surface area is 147 Å². The molecule has 6 nitrogen and oxygen atoms in total.